The molecule has 0 aliphatic heterocycles. The fraction of sp³-hybridized carbons (Fsp3) is 0. The molecule has 0 heterocycles. The van der Waals surface area contributed by atoms with Gasteiger partial charge in [0.15, 0.2) is 0 Å². The third-order valence-electron chi connectivity index (χ3n) is 7.77. The first-order valence-electron chi connectivity index (χ1n) is 13.5. The Morgan fingerprint density at radius 2 is 0.975 bits per heavy atom. The molecule has 0 saturated carbocycles. The molecule has 0 bridgehead atoms. The Bertz CT molecular complexity index is 1950. The summed E-state index contributed by atoms with van der Waals surface area (Å²) in [5.41, 5.74) is 11.3. The van der Waals surface area contributed by atoms with Crippen molar-refractivity contribution < 1.29 is 0 Å². The quantitative estimate of drug-likeness (QED) is 0.200. The maximum atomic E-state index is 4.27. The molecule has 6 aromatic rings. The summed E-state index contributed by atoms with van der Waals surface area (Å²) in [4.78, 5) is 0. The smallest absolute Gasteiger partial charge is 0.00204 e. The van der Waals surface area contributed by atoms with Crippen LogP contribution >= 0.6 is 0 Å². The molecule has 190 valence electrons. The standard InChI is InChI=1S/C40H30/c1-5-27-17-14-20-36(33(27)6-2)40-35(8-4)34(7-3)39(37-18-12-13-19-38(37)40)32-24-23-30-25-29(21-22-31(30)26-32)28-15-10-9-11-16-28/h5-26H,1-4H2. The summed E-state index contributed by atoms with van der Waals surface area (Å²) in [6.07, 6.45) is 7.73. The largest absolute Gasteiger partial charge is 0.0984 e. The fourth-order valence-electron chi connectivity index (χ4n) is 5.92. The topological polar surface area (TPSA) is 0 Å². The van der Waals surface area contributed by atoms with Gasteiger partial charge in [0.05, 0.1) is 0 Å². The molecular formula is C40H30. The van der Waals surface area contributed by atoms with Gasteiger partial charge in [0.2, 0.25) is 0 Å². The van der Waals surface area contributed by atoms with E-state index in [4.69, 9.17) is 0 Å². The van der Waals surface area contributed by atoms with Gasteiger partial charge in [-0.25, -0.2) is 0 Å². The number of rotatable bonds is 7. The van der Waals surface area contributed by atoms with Crippen LogP contribution in [-0.2, 0) is 0 Å². The summed E-state index contributed by atoms with van der Waals surface area (Å²) in [7, 11) is 0. The number of hydrogen-bond acceptors (Lipinski definition) is 0. The van der Waals surface area contributed by atoms with Gasteiger partial charge in [0.25, 0.3) is 0 Å². The molecule has 0 amide bonds. The molecule has 6 aromatic carbocycles. The highest BCUT2D eigenvalue weighted by atomic mass is 14.2. The lowest BCUT2D eigenvalue weighted by Gasteiger charge is -2.22. The zero-order valence-electron chi connectivity index (χ0n) is 22.5. The van der Waals surface area contributed by atoms with Crippen molar-refractivity contribution in [1.29, 1.82) is 0 Å². The molecule has 0 spiro atoms. The Kier molecular flexibility index (Phi) is 6.60. The fourth-order valence-corrected chi connectivity index (χ4v) is 5.92. The van der Waals surface area contributed by atoms with Gasteiger partial charge in [-0.05, 0) is 89.3 Å². The molecule has 6 rings (SSSR count). The second-order valence-electron chi connectivity index (χ2n) is 9.89. The lowest BCUT2D eigenvalue weighted by atomic mass is 9.81. The Hall–Kier alpha value is -5.20. The van der Waals surface area contributed by atoms with Crippen LogP contribution in [0, 0.1) is 0 Å². The SMILES string of the molecule is C=Cc1cccc(-c2c(C=C)c(C=C)c(-c3ccc4cc(-c5ccccc5)ccc4c3)c3ccccc23)c1C=C. The molecule has 0 radical (unpaired) electrons. The van der Waals surface area contributed by atoms with E-state index in [-0.39, 0.29) is 0 Å². The van der Waals surface area contributed by atoms with Crippen LogP contribution in [0.3, 0.4) is 0 Å². The summed E-state index contributed by atoms with van der Waals surface area (Å²) < 4.78 is 0. The zero-order valence-corrected chi connectivity index (χ0v) is 22.5. The molecule has 0 aliphatic rings. The van der Waals surface area contributed by atoms with E-state index in [1.54, 1.807) is 0 Å². The molecule has 0 saturated heterocycles. The minimum absolute atomic E-state index is 1.06. The van der Waals surface area contributed by atoms with E-state index in [0.29, 0.717) is 0 Å². The van der Waals surface area contributed by atoms with Crippen molar-refractivity contribution in [3.8, 4) is 33.4 Å². The van der Waals surface area contributed by atoms with Gasteiger partial charge in [-0.15, -0.1) is 0 Å². The van der Waals surface area contributed by atoms with Gasteiger partial charge in [-0.3, -0.25) is 0 Å². The Labute approximate surface area is 236 Å². The molecular weight excluding hydrogens is 480 g/mol. The van der Waals surface area contributed by atoms with E-state index in [1.165, 1.54) is 38.2 Å². The van der Waals surface area contributed by atoms with Crippen LogP contribution in [0.5, 0.6) is 0 Å². The molecule has 0 fully saturated rings. The summed E-state index contributed by atoms with van der Waals surface area (Å²) >= 11 is 0. The molecule has 0 aliphatic carbocycles. The van der Waals surface area contributed by atoms with E-state index in [2.05, 4.69) is 136 Å². The van der Waals surface area contributed by atoms with Crippen LogP contribution in [0.2, 0.25) is 0 Å². The predicted molar refractivity (Wildman–Crippen MR) is 178 cm³/mol. The van der Waals surface area contributed by atoms with E-state index in [9.17, 15) is 0 Å². The minimum Gasteiger partial charge on any atom is -0.0984 e. The second kappa shape index (κ2) is 10.5. The Balaban J connectivity index is 1.63. The number of hydrogen-bond donors (Lipinski definition) is 0. The van der Waals surface area contributed by atoms with Crippen LogP contribution in [0.1, 0.15) is 22.3 Å². The lowest BCUT2D eigenvalue weighted by molar-refractivity contribution is 1.56. The first kappa shape index (κ1) is 25.1. The van der Waals surface area contributed by atoms with Crippen molar-refractivity contribution >= 4 is 45.8 Å². The highest BCUT2D eigenvalue weighted by Crippen LogP contribution is 2.45. The average Bonchev–Trinajstić information content (AvgIpc) is 3.02. The average molecular weight is 511 g/mol. The predicted octanol–water partition coefficient (Wildman–Crippen LogP) is 11.6. The van der Waals surface area contributed by atoms with Gasteiger partial charge in [0.1, 0.15) is 0 Å². The van der Waals surface area contributed by atoms with Gasteiger partial charge < -0.3 is 0 Å². The van der Waals surface area contributed by atoms with Gasteiger partial charge in [0, 0.05) is 0 Å². The third kappa shape index (κ3) is 4.11. The minimum atomic E-state index is 1.06. The normalized spacial score (nSPS) is 10.9. The van der Waals surface area contributed by atoms with E-state index >= 15 is 0 Å². The summed E-state index contributed by atoms with van der Waals surface area (Å²) in [5.74, 6) is 0. The maximum absolute atomic E-state index is 4.27. The van der Waals surface area contributed by atoms with Gasteiger partial charge in [-0.2, -0.15) is 0 Å². The van der Waals surface area contributed by atoms with Crippen LogP contribution in [0.25, 0.3) is 79.2 Å². The van der Waals surface area contributed by atoms with E-state index < -0.39 is 0 Å². The molecule has 0 nitrogen and oxygen atoms in total. The van der Waals surface area contributed by atoms with E-state index in [0.717, 1.165) is 38.9 Å². The molecule has 0 atom stereocenters. The first-order valence-corrected chi connectivity index (χ1v) is 13.5. The molecule has 40 heavy (non-hydrogen) atoms. The molecule has 0 unspecified atom stereocenters. The van der Waals surface area contributed by atoms with Gasteiger partial charge in [-0.1, -0.05) is 148 Å². The van der Waals surface area contributed by atoms with Crippen molar-refractivity contribution in [2.45, 2.75) is 0 Å². The summed E-state index contributed by atoms with van der Waals surface area (Å²) in [5, 5.41) is 4.76. The van der Waals surface area contributed by atoms with Crippen LogP contribution < -0.4 is 0 Å². The van der Waals surface area contributed by atoms with Crippen molar-refractivity contribution in [2.75, 3.05) is 0 Å². The van der Waals surface area contributed by atoms with Crippen molar-refractivity contribution in [3.63, 3.8) is 0 Å². The second-order valence-corrected chi connectivity index (χ2v) is 9.89. The monoisotopic (exact) mass is 510 g/mol. The van der Waals surface area contributed by atoms with E-state index in [1.807, 2.05) is 24.3 Å². The summed E-state index contributed by atoms with van der Waals surface area (Å²) in [6.45, 7) is 16.7. The summed E-state index contributed by atoms with van der Waals surface area (Å²) in [6, 6.07) is 38.9. The van der Waals surface area contributed by atoms with Crippen molar-refractivity contribution in [3.05, 3.63) is 158 Å². The zero-order chi connectivity index (χ0) is 27.6. The highest BCUT2D eigenvalue weighted by molar-refractivity contribution is 6.13. The number of benzene rings is 6. The Morgan fingerprint density at radius 1 is 0.400 bits per heavy atom. The molecule has 0 heteroatoms. The third-order valence-corrected chi connectivity index (χ3v) is 7.77. The van der Waals surface area contributed by atoms with Gasteiger partial charge >= 0.3 is 0 Å². The van der Waals surface area contributed by atoms with Crippen molar-refractivity contribution in [2.24, 2.45) is 0 Å². The lowest BCUT2D eigenvalue weighted by Crippen LogP contribution is -1.98. The van der Waals surface area contributed by atoms with Crippen molar-refractivity contribution in [1.82, 2.24) is 0 Å². The first-order chi connectivity index (χ1) is 19.7. The van der Waals surface area contributed by atoms with Crippen LogP contribution in [0.4, 0.5) is 0 Å². The maximum Gasteiger partial charge on any atom is -0.00204 e. The highest BCUT2D eigenvalue weighted by Gasteiger charge is 2.20. The Morgan fingerprint density at radius 3 is 1.62 bits per heavy atom. The van der Waals surface area contributed by atoms with Crippen LogP contribution in [0.15, 0.2) is 136 Å². The molecule has 0 aromatic heterocycles. The van der Waals surface area contributed by atoms with Crippen LogP contribution in [-0.4, -0.2) is 0 Å². The molecule has 0 N–H and O–H groups in total. The number of fused-ring (bicyclic) bond motifs is 2.